The van der Waals surface area contributed by atoms with Gasteiger partial charge in [-0.1, -0.05) is 18.2 Å². The highest BCUT2D eigenvalue weighted by atomic mass is 16.3. The zero-order chi connectivity index (χ0) is 14.2. The number of aliphatic hydroxyl groups is 1. The Labute approximate surface area is 119 Å². The third kappa shape index (κ3) is 4.33. The van der Waals surface area contributed by atoms with Crippen molar-refractivity contribution in [2.45, 2.75) is 12.5 Å². The highest BCUT2D eigenvalue weighted by molar-refractivity contribution is 5.43. The maximum Gasteiger partial charge on any atom is 0.0929 e. The lowest BCUT2D eigenvalue weighted by atomic mass is 10.1. The third-order valence-electron chi connectivity index (χ3n) is 3.24. The molecule has 3 N–H and O–H groups in total. The molecule has 0 fully saturated rings. The van der Waals surface area contributed by atoms with Crippen molar-refractivity contribution in [1.82, 2.24) is 10.3 Å². The second kappa shape index (κ2) is 7.62. The summed E-state index contributed by atoms with van der Waals surface area (Å²) in [5.74, 6) is 0. The number of hydrogen-bond donors (Lipinski definition) is 3. The first-order chi connectivity index (χ1) is 9.79. The first kappa shape index (κ1) is 14.5. The quantitative estimate of drug-likeness (QED) is 0.674. The van der Waals surface area contributed by atoms with Gasteiger partial charge in [0.2, 0.25) is 0 Å². The fourth-order valence-electron chi connectivity index (χ4n) is 2.00. The van der Waals surface area contributed by atoms with E-state index in [0.29, 0.717) is 6.54 Å². The summed E-state index contributed by atoms with van der Waals surface area (Å²) in [6.45, 7) is 1.39. The Balaban J connectivity index is 1.70. The van der Waals surface area contributed by atoms with Gasteiger partial charge in [0.25, 0.3) is 0 Å². The second-order valence-corrected chi connectivity index (χ2v) is 4.70. The van der Waals surface area contributed by atoms with E-state index in [-0.39, 0.29) is 0 Å². The molecule has 0 saturated heterocycles. The molecule has 1 atom stereocenters. The fraction of sp³-hybridized carbons (Fsp3) is 0.312. The van der Waals surface area contributed by atoms with Crippen LogP contribution in [0, 0.1) is 0 Å². The molecule has 0 aliphatic rings. The Bertz CT molecular complexity index is 499. The summed E-state index contributed by atoms with van der Waals surface area (Å²) in [4.78, 5) is 4.00. The van der Waals surface area contributed by atoms with E-state index in [1.54, 1.807) is 12.4 Å². The van der Waals surface area contributed by atoms with Crippen LogP contribution in [0.3, 0.4) is 0 Å². The third-order valence-corrected chi connectivity index (χ3v) is 3.24. The molecule has 1 aromatic carbocycles. The van der Waals surface area contributed by atoms with Crippen LogP contribution in [-0.4, -0.2) is 30.2 Å². The van der Waals surface area contributed by atoms with E-state index in [1.807, 2.05) is 19.2 Å². The van der Waals surface area contributed by atoms with Crippen LogP contribution in [-0.2, 0) is 6.42 Å². The van der Waals surface area contributed by atoms with Gasteiger partial charge >= 0.3 is 0 Å². The molecule has 0 radical (unpaired) electrons. The van der Waals surface area contributed by atoms with Gasteiger partial charge in [-0.25, -0.2) is 0 Å². The molecule has 2 aromatic rings. The monoisotopic (exact) mass is 271 g/mol. The molecule has 20 heavy (non-hydrogen) atoms. The first-order valence-corrected chi connectivity index (χ1v) is 6.85. The number of aromatic nitrogens is 1. The predicted octanol–water partition coefficient (Wildman–Crippen LogP) is 1.99. The van der Waals surface area contributed by atoms with Gasteiger partial charge in [0.15, 0.2) is 0 Å². The molecule has 4 nitrogen and oxygen atoms in total. The lowest BCUT2D eigenvalue weighted by molar-refractivity contribution is 0.174. The molecule has 1 unspecified atom stereocenters. The number of nitrogens with one attached hydrogen (secondary N) is 2. The summed E-state index contributed by atoms with van der Waals surface area (Å²) < 4.78 is 0. The summed E-state index contributed by atoms with van der Waals surface area (Å²) in [6.07, 6.45) is 3.85. The van der Waals surface area contributed by atoms with Crippen LogP contribution >= 0.6 is 0 Å². The molecule has 0 saturated carbocycles. The summed E-state index contributed by atoms with van der Waals surface area (Å²) in [5, 5.41) is 16.3. The van der Waals surface area contributed by atoms with E-state index in [4.69, 9.17) is 0 Å². The summed E-state index contributed by atoms with van der Waals surface area (Å²) >= 11 is 0. The van der Waals surface area contributed by atoms with Crippen molar-refractivity contribution in [3.8, 4) is 0 Å². The van der Waals surface area contributed by atoms with E-state index in [2.05, 4.69) is 39.9 Å². The van der Waals surface area contributed by atoms with Gasteiger partial charge in [-0.2, -0.15) is 0 Å². The van der Waals surface area contributed by atoms with Crippen molar-refractivity contribution in [3.05, 3.63) is 59.9 Å². The van der Waals surface area contributed by atoms with Crippen molar-refractivity contribution >= 4 is 5.69 Å². The van der Waals surface area contributed by atoms with Gasteiger partial charge in [-0.3, -0.25) is 4.98 Å². The zero-order valence-electron chi connectivity index (χ0n) is 11.7. The summed E-state index contributed by atoms with van der Waals surface area (Å²) in [7, 11) is 1.91. The first-order valence-electron chi connectivity index (χ1n) is 6.85. The van der Waals surface area contributed by atoms with Crippen molar-refractivity contribution < 1.29 is 5.11 Å². The smallest absolute Gasteiger partial charge is 0.0929 e. The number of nitrogens with zero attached hydrogens (tertiary/aromatic N) is 1. The lowest BCUT2D eigenvalue weighted by Gasteiger charge is -2.11. The van der Waals surface area contributed by atoms with Gasteiger partial charge < -0.3 is 15.7 Å². The van der Waals surface area contributed by atoms with Crippen molar-refractivity contribution in [1.29, 1.82) is 0 Å². The maximum atomic E-state index is 9.98. The molecule has 0 bridgehead atoms. The SMILES string of the molecule is CNc1ccc(CCNCC(O)c2cccnc2)cc1. The minimum Gasteiger partial charge on any atom is -0.388 e. The van der Waals surface area contributed by atoms with E-state index in [0.717, 1.165) is 24.2 Å². The number of pyridine rings is 1. The van der Waals surface area contributed by atoms with Crippen LogP contribution in [0.1, 0.15) is 17.2 Å². The minimum absolute atomic E-state index is 0.504. The molecule has 4 heteroatoms. The molecule has 0 aliphatic carbocycles. The molecule has 1 aromatic heterocycles. The maximum absolute atomic E-state index is 9.98. The van der Waals surface area contributed by atoms with Crippen LogP contribution in [0.2, 0.25) is 0 Å². The molecule has 0 spiro atoms. The van der Waals surface area contributed by atoms with E-state index >= 15 is 0 Å². The number of aliphatic hydroxyl groups excluding tert-OH is 1. The fourth-order valence-corrected chi connectivity index (χ4v) is 2.00. The average Bonchev–Trinajstić information content (AvgIpc) is 2.53. The Kier molecular flexibility index (Phi) is 5.53. The second-order valence-electron chi connectivity index (χ2n) is 4.70. The molecule has 0 amide bonds. The zero-order valence-corrected chi connectivity index (χ0v) is 11.7. The number of anilines is 1. The van der Waals surface area contributed by atoms with Gasteiger partial charge in [-0.15, -0.1) is 0 Å². The van der Waals surface area contributed by atoms with Crippen LogP contribution in [0.5, 0.6) is 0 Å². The van der Waals surface area contributed by atoms with Crippen LogP contribution in [0.15, 0.2) is 48.8 Å². The number of benzene rings is 1. The van der Waals surface area contributed by atoms with E-state index in [9.17, 15) is 5.11 Å². The summed E-state index contributed by atoms with van der Waals surface area (Å²) in [5.41, 5.74) is 3.25. The highest BCUT2D eigenvalue weighted by Gasteiger charge is 2.06. The highest BCUT2D eigenvalue weighted by Crippen LogP contribution is 2.10. The van der Waals surface area contributed by atoms with Crippen molar-refractivity contribution in [3.63, 3.8) is 0 Å². The number of hydrogen-bond acceptors (Lipinski definition) is 4. The van der Waals surface area contributed by atoms with Crippen molar-refractivity contribution in [2.75, 3.05) is 25.5 Å². The Hall–Kier alpha value is -1.91. The molecular weight excluding hydrogens is 250 g/mol. The predicted molar refractivity (Wildman–Crippen MR) is 81.8 cm³/mol. The van der Waals surface area contributed by atoms with Crippen LogP contribution in [0.4, 0.5) is 5.69 Å². The van der Waals surface area contributed by atoms with Gasteiger partial charge in [0, 0.05) is 37.2 Å². The van der Waals surface area contributed by atoms with E-state index < -0.39 is 6.10 Å². The largest absolute Gasteiger partial charge is 0.388 e. The minimum atomic E-state index is -0.504. The normalized spacial score (nSPS) is 12.1. The van der Waals surface area contributed by atoms with Crippen LogP contribution < -0.4 is 10.6 Å². The van der Waals surface area contributed by atoms with Gasteiger partial charge in [0.05, 0.1) is 6.10 Å². The Morgan fingerprint density at radius 1 is 1.20 bits per heavy atom. The molecule has 1 heterocycles. The Morgan fingerprint density at radius 2 is 2.00 bits per heavy atom. The van der Waals surface area contributed by atoms with Crippen LogP contribution in [0.25, 0.3) is 0 Å². The summed E-state index contributed by atoms with van der Waals surface area (Å²) in [6, 6.07) is 12.1. The Morgan fingerprint density at radius 3 is 2.65 bits per heavy atom. The van der Waals surface area contributed by atoms with Crippen molar-refractivity contribution in [2.24, 2.45) is 0 Å². The molecule has 106 valence electrons. The number of rotatable bonds is 7. The molecule has 0 aliphatic heterocycles. The molecular formula is C16H21N3O. The molecule has 2 rings (SSSR count). The van der Waals surface area contributed by atoms with E-state index in [1.165, 1.54) is 5.56 Å². The topological polar surface area (TPSA) is 57.2 Å². The van der Waals surface area contributed by atoms with Gasteiger partial charge in [-0.05, 0) is 36.7 Å². The lowest BCUT2D eigenvalue weighted by Crippen LogP contribution is -2.23. The standard InChI is InChI=1S/C16H21N3O/c1-17-15-6-4-13(5-7-15)8-10-19-12-16(20)14-3-2-9-18-11-14/h2-7,9,11,16-17,19-20H,8,10,12H2,1H3. The van der Waals surface area contributed by atoms with Gasteiger partial charge in [0.1, 0.15) is 0 Å². The average molecular weight is 271 g/mol.